The Morgan fingerprint density at radius 1 is 1.31 bits per heavy atom. The largest absolute Gasteiger partial charge is 0.375 e. The number of nitrogens with one attached hydrogen (secondary N) is 1. The number of ether oxygens (including phenoxy) is 1. The van der Waals surface area contributed by atoms with Gasteiger partial charge in [0, 0.05) is 11.0 Å². The SMILES string of the molecule is Brc1ccccc1COCCNCC1CC1. The first kappa shape index (κ1) is 12.1. The quantitative estimate of drug-likeness (QED) is 0.777. The van der Waals surface area contributed by atoms with Gasteiger partial charge in [0.25, 0.3) is 0 Å². The molecule has 1 aliphatic rings. The Kier molecular flexibility index (Phi) is 4.82. The van der Waals surface area contributed by atoms with E-state index >= 15 is 0 Å². The molecule has 3 heteroatoms. The van der Waals surface area contributed by atoms with E-state index in [-0.39, 0.29) is 0 Å². The van der Waals surface area contributed by atoms with Gasteiger partial charge < -0.3 is 10.1 Å². The standard InChI is InChI=1S/C13H18BrNO/c14-13-4-2-1-3-12(13)10-16-8-7-15-9-11-5-6-11/h1-4,11,15H,5-10H2. The zero-order chi connectivity index (χ0) is 11.2. The summed E-state index contributed by atoms with van der Waals surface area (Å²) >= 11 is 3.51. The van der Waals surface area contributed by atoms with Crippen molar-refractivity contribution in [1.29, 1.82) is 0 Å². The van der Waals surface area contributed by atoms with Crippen molar-refractivity contribution in [3.05, 3.63) is 34.3 Å². The highest BCUT2D eigenvalue weighted by molar-refractivity contribution is 9.10. The molecule has 1 aromatic carbocycles. The second kappa shape index (κ2) is 6.38. The number of rotatable bonds is 7. The minimum Gasteiger partial charge on any atom is -0.375 e. The highest BCUT2D eigenvalue weighted by atomic mass is 79.9. The van der Waals surface area contributed by atoms with Crippen molar-refractivity contribution in [2.45, 2.75) is 19.4 Å². The molecule has 0 aliphatic heterocycles. The summed E-state index contributed by atoms with van der Waals surface area (Å²) in [6.07, 6.45) is 2.82. The molecule has 0 aromatic heterocycles. The van der Waals surface area contributed by atoms with Gasteiger partial charge in [-0.05, 0) is 36.9 Å². The summed E-state index contributed by atoms with van der Waals surface area (Å²) in [5.74, 6) is 0.947. The lowest BCUT2D eigenvalue weighted by Gasteiger charge is -2.07. The zero-order valence-electron chi connectivity index (χ0n) is 9.42. The molecule has 2 rings (SSSR count). The number of halogens is 1. The predicted octanol–water partition coefficient (Wildman–Crippen LogP) is 2.97. The Bertz CT molecular complexity index is 325. The number of hydrogen-bond acceptors (Lipinski definition) is 2. The summed E-state index contributed by atoms with van der Waals surface area (Å²) in [7, 11) is 0. The van der Waals surface area contributed by atoms with Crippen LogP contribution in [0.25, 0.3) is 0 Å². The molecular formula is C13H18BrNO. The van der Waals surface area contributed by atoms with Gasteiger partial charge in [0.1, 0.15) is 0 Å². The Balaban J connectivity index is 1.55. The van der Waals surface area contributed by atoms with E-state index in [1.165, 1.54) is 24.9 Å². The first-order chi connectivity index (χ1) is 7.86. The summed E-state index contributed by atoms with van der Waals surface area (Å²) in [5, 5.41) is 3.41. The molecule has 0 radical (unpaired) electrons. The molecule has 0 heterocycles. The van der Waals surface area contributed by atoms with Crippen LogP contribution in [0.1, 0.15) is 18.4 Å². The molecule has 0 unspecified atom stereocenters. The minimum atomic E-state index is 0.687. The number of benzene rings is 1. The molecule has 1 aliphatic carbocycles. The van der Waals surface area contributed by atoms with Crippen LogP contribution in [0.15, 0.2) is 28.7 Å². The molecule has 1 fully saturated rings. The van der Waals surface area contributed by atoms with Crippen molar-refractivity contribution < 1.29 is 4.74 Å². The fourth-order valence-corrected chi connectivity index (χ4v) is 1.97. The summed E-state index contributed by atoms with van der Waals surface area (Å²) < 4.78 is 6.74. The Hall–Kier alpha value is -0.380. The average Bonchev–Trinajstić information content (AvgIpc) is 3.09. The number of hydrogen-bond donors (Lipinski definition) is 1. The maximum atomic E-state index is 5.61. The van der Waals surface area contributed by atoms with Crippen LogP contribution in [0.2, 0.25) is 0 Å². The second-order valence-electron chi connectivity index (χ2n) is 4.29. The van der Waals surface area contributed by atoms with Crippen LogP contribution < -0.4 is 5.32 Å². The zero-order valence-corrected chi connectivity index (χ0v) is 11.0. The average molecular weight is 284 g/mol. The van der Waals surface area contributed by atoms with E-state index < -0.39 is 0 Å². The lowest BCUT2D eigenvalue weighted by Crippen LogP contribution is -2.21. The third-order valence-electron chi connectivity index (χ3n) is 2.77. The Morgan fingerprint density at radius 2 is 2.12 bits per heavy atom. The molecule has 2 nitrogen and oxygen atoms in total. The Morgan fingerprint density at radius 3 is 2.88 bits per heavy atom. The third kappa shape index (κ3) is 4.24. The fourth-order valence-electron chi connectivity index (χ4n) is 1.57. The topological polar surface area (TPSA) is 21.3 Å². The van der Waals surface area contributed by atoms with Gasteiger partial charge in [0.05, 0.1) is 13.2 Å². The van der Waals surface area contributed by atoms with Crippen molar-refractivity contribution in [3.8, 4) is 0 Å². The Labute approximate surface area is 106 Å². The highest BCUT2D eigenvalue weighted by Gasteiger charge is 2.19. The van der Waals surface area contributed by atoms with E-state index in [1.54, 1.807) is 0 Å². The second-order valence-corrected chi connectivity index (χ2v) is 5.15. The molecule has 0 amide bonds. The molecule has 0 spiro atoms. The van der Waals surface area contributed by atoms with Gasteiger partial charge in [0.2, 0.25) is 0 Å². The molecular weight excluding hydrogens is 266 g/mol. The lowest BCUT2D eigenvalue weighted by atomic mass is 10.2. The van der Waals surface area contributed by atoms with E-state index in [2.05, 4.69) is 27.3 Å². The van der Waals surface area contributed by atoms with E-state index in [4.69, 9.17) is 4.74 Å². The molecule has 0 bridgehead atoms. The van der Waals surface area contributed by atoms with Gasteiger partial charge in [0.15, 0.2) is 0 Å². The van der Waals surface area contributed by atoms with Gasteiger partial charge in [-0.1, -0.05) is 34.1 Å². The van der Waals surface area contributed by atoms with Crippen LogP contribution in [0.4, 0.5) is 0 Å². The first-order valence-electron chi connectivity index (χ1n) is 5.88. The molecule has 1 saturated carbocycles. The van der Waals surface area contributed by atoms with Crippen molar-refractivity contribution in [2.24, 2.45) is 5.92 Å². The van der Waals surface area contributed by atoms with Gasteiger partial charge in [-0.2, -0.15) is 0 Å². The highest BCUT2D eigenvalue weighted by Crippen LogP contribution is 2.27. The van der Waals surface area contributed by atoms with E-state index in [0.717, 1.165) is 23.5 Å². The summed E-state index contributed by atoms with van der Waals surface area (Å²) in [4.78, 5) is 0. The molecule has 1 N–H and O–H groups in total. The van der Waals surface area contributed by atoms with Gasteiger partial charge >= 0.3 is 0 Å². The van der Waals surface area contributed by atoms with Crippen LogP contribution in [0, 0.1) is 5.92 Å². The van der Waals surface area contributed by atoms with Crippen molar-refractivity contribution in [1.82, 2.24) is 5.32 Å². The maximum Gasteiger partial charge on any atom is 0.0728 e. The fraction of sp³-hybridized carbons (Fsp3) is 0.538. The molecule has 0 atom stereocenters. The van der Waals surface area contributed by atoms with E-state index in [9.17, 15) is 0 Å². The molecule has 0 saturated heterocycles. The van der Waals surface area contributed by atoms with Gasteiger partial charge in [-0.3, -0.25) is 0 Å². The van der Waals surface area contributed by atoms with Gasteiger partial charge in [-0.15, -0.1) is 0 Å². The summed E-state index contributed by atoms with van der Waals surface area (Å²) in [5.41, 5.74) is 1.21. The van der Waals surface area contributed by atoms with Crippen LogP contribution in [0.5, 0.6) is 0 Å². The molecule has 1 aromatic rings. The van der Waals surface area contributed by atoms with Crippen molar-refractivity contribution in [3.63, 3.8) is 0 Å². The van der Waals surface area contributed by atoms with E-state index in [1.807, 2.05) is 18.2 Å². The van der Waals surface area contributed by atoms with Crippen LogP contribution in [-0.2, 0) is 11.3 Å². The third-order valence-corrected chi connectivity index (χ3v) is 3.54. The van der Waals surface area contributed by atoms with Crippen LogP contribution in [-0.4, -0.2) is 19.7 Å². The summed E-state index contributed by atoms with van der Waals surface area (Å²) in [6.45, 7) is 3.60. The predicted molar refractivity (Wildman–Crippen MR) is 69.4 cm³/mol. The maximum absolute atomic E-state index is 5.61. The first-order valence-corrected chi connectivity index (χ1v) is 6.67. The van der Waals surface area contributed by atoms with Crippen molar-refractivity contribution >= 4 is 15.9 Å². The van der Waals surface area contributed by atoms with E-state index in [0.29, 0.717) is 6.61 Å². The van der Waals surface area contributed by atoms with Crippen LogP contribution >= 0.6 is 15.9 Å². The molecule has 16 heavy (non-hydrogen) atoms. The lowest BCUT2D eigenvalue weighted by molar-refractivity contribution is 0.122. The molecule has 88 valence electrons. The van der Waals surface area contributed by atoms with Gasteiger partial charge in [-0.25, -0.2) is 0 Å². The van der Waals surface area contributed by atoms with Crippen LogP contribution in [0.3, 0.4) is 0 Å². The summed E-state index contributed by atoms with van der Waals surface area (Å²) in [6, 6.07) is 8.19. The normalized spacial score (nSPS) is 15.3. The van der Waals surface area contributed by atoms with Crippen molar-refractivity contribution in [2.75, 3.05) is 19.7 Å². The smallest absolute Gasteiger partial charge is 0.0728 e. The minimum absolute atomic E-state index is 0.687. The monoisotopic (exact) mass is 283 g/mol.